The Balaban J connectivity index is 1.40. The van der Waals surface area contributed by atoms with E-state index < -0.39 is 16.1 Å². The molecule has 2 N–H and O–H groups in total. The molecule has 0 bridgehead atoms. The number of hydrogen-bond acceptors (Lipinski definition) is 6. The number of fused-ring (bicyclic) bond motifs is 1. The molecule has 1 atom stereocenters. The van der Waals surface area contributed by atoms with E-state index in [-0.39, 0.29) is 16.8 Å². The Hall–Kier alpha value is -3.98. The molecule has 0 radical (unpaired) electrons. The SMILES string of the molecule is Cc1cc(C)nc(NS(=O)(=O)c2ccc(NC(=O)[C@H](C)Oc3ccc4ccccc4c3)cc2)n1. The minimum absolute atomic E-state index is 0.00884. The van der Waals surface area contributed by atoms with E-state index in [1.54, 1.807) is 26.8 Å². The van der Waals surface area contributed by atoms with Gasteiger partial charge in [0.05, 0.1) is 4.90 Å². The molecule has 4 rings (SSSR count). The van der Waals surface area contributed by atoms with E-state index in [4.69, 9.17) is 4.74 Å². The lowest BCUT2D eigenvalue weighted by molar-refractivity contribution is -0.122. The number of ether oxygens (including phenoxy) is 1. The molecule has 174 valence electrons. The van der Waals surface area contributed by atoms with Gasteiger partial charge in [0.15, 0.2) is 6.10 Å². The number of sulfonamides is 1. The molecule has 9 heteroatoms. The highest BCUT2D eigenvalue weighted by atomic mass is 32.2. The van der Waals surface area contributed by atoms with Crippen molar-refractivity contribution in [3.05, 3.63) is 84.2 Å². The summed E-state index contributed by atoms with van der Waals surface area (Å²) in [4.78, 5) is 20.8. The Kier molecular flexibility index (Phi) is 6.47. The fourth-order valence-electron chi connectivity index (χ4n) is 3.41. The Labute approximate surface area is 198 Å². The summed E-state index contributed by atoms with van der Waals surface area (Å²) in [5.74, 6) is 0.238. The van der Waals surface area contributed by atoms with Crippen molar-refractivity contribution in [2.24, 2.45) is 0 Å². The number of nitrogens with one attached hydrogen (secondary N) is 2. The minimum atomic E-state index is -3.88. The summed E-state index contributed by atoms with van der Waals surface area (Å²) in [6.07, 6.45) is -0.757. The van der Waals surface area contributed by atoms with Crippen LogP contribution in [0.3, 0.4) is 0 Å². The van der Waals surface area contributed by atoms with Crippen LogP contribution in [-0.4, -0.2) is 30.4 Å². The maximum absolute atomic E-state index is 12.7. The normalized spacial score (nSPS) is 12.2. The molecule has 8 nitrogen and oxygen atoms in total. The standard InChI is InChI=1S/C25H24N4O4S/c1-16-14-17(2)27-25(26-16)29-34(31,32)23-12-9-21(10-13-23)28-24(30)18(3)33-22-11-8-19-6-4-5-7-20(19)15-22/h4-15,18H,1-3H3,(H,28,30)(H,26,27,29)/t18-/m0/s1. The first-order chi connectivity index (χ1) is 16.2. The quantitative estimate of drug-likeness (QED) is 0.408. The molecule has 0 aliphatic heterocycles. The van der Waals surface area contributed by atoms with Crippen LogP contribution >= 0.6 is 0 Å². The van der Waals surface area contributed by atoms with Gasteiger partial charge in [-0.15, -0.1) is 0 Å². The Morgan fingerprint density at radius 3 is 2.21 bits per heavy atom. The maximum atomic E-state index is 12.7. The van der Waals surface area contributed by atoms with Crippen molar-refractivity contribution in [2.75, 3.05) is 10.0 Å². The van der Waals surface area contributed by atoms with Crippen molar-refractivity contribution in [3.63, 3.8) is 0 Å². The number of nitrogens with zero attached hydrogens (tertiary/aromatic N) is 2. The lowest BCUT2D eigenvalue weighted by atomic mass is 10.1. The molecule has 0 aliphatic rings. The van der Waals surface area contributed by atoms with Gasteiger partial charge in [-0.3, -0.25) is 4.79 Å². The van der Waals surface area contributed by atoms with Gasteiger partial charge in [0.25, 0.3) is 15.9 Å². The second-order valence-corrected chi connectivity index (χ2v) is 9.54. The minimum Gasteiger partial charge on any atom is -0.481 e. The number of anilines is 2. The Morgan fingerprint density at radius 2 is 1.53 bits per heavy atom. The van der Waals surface area contributed by atoms with Gasteiger partial charge in [-0.05, 0) is 74.0 Å². The molecule has 4 aromatic rings. The molecule has 0 unspecified atom stereocenters. The van der Waals surface area contributed by atoms with Gasteiger partial charge in [-0.1, -0.05) is 30.3 Å². The second kappa shape index (κ2) is 9.48. The van der Waals surface area contributed by atoms with Gasteiger partial charge < -0.3 is 10.1 Å². The molecule has 1 heterocycles. The summed E-state index contributed by atoms with van der Waals surface area (Å²) in [5.41, 5.74) is 1.76. The molecule has 0 spiro atoms. The molecular formula is C25H24N4O4S. The van der Waals surface area contributed by atoms with Crippen LogP contribution < -0.4 is 14.8 Å². The van der Waals surface area contributed by atoms with E-state index in [0.29, 0.717) is 22.8 Å². The zero-order chi connectivity index (χ0) is 24.3. The van der Waals surface area contributed by atoms with Crippen molar-refractivity contribution in [1.29, 1.82) is 0 Å². The maximum Gasteiger partial charge on any atom is 0.265 e. The summed E-state index contributed by atoms with van der Waals surface area (Å²) in [6, 6.07) is 21.1. The molecule has 3 aromatic carbocycles. The van der Waals surface area contributed by atoms with E-state index >= 15 is 0 Å². The Bertz CT molecular complexity index is 1430. The third-order valence-corrected chi connectivity index (χ3v) is 6.39. The lowest BCUT2D eigenvalue weighted by Gasteiger charge is -2.15. The second-order valence-electron chi connectivity index (χ2n) is 7.86. The van der Waals surface area contributed by atoms with Crippen LogP contribution in [0.25, 0.3) is 10.8 Å². The number of benzene rings is 3. The molecule has 1 amide bonds. The monoisotopic (exact) mass is 476 g/mol. The van der Waals surface area contributed by atoms with Crippen molar-refractivity contribution in [3.8, 4) is 5.75 Å². The highest BCUT2D eigenvalue weighted by Gasteiger charge is 2.18. The van der Waals surface area contributed by atoms with Gasteiger partial charge in [0.2, 0.25) is 5.95 Å². The summed E-state index contributed by atoms with van der Waals surface area (Å²) in [6.45, 7) is 5.17. The number of aromatic nitrogens is 2. The lowest BCUT2D eigenvalue weighted by Crippen LogP contribution is -2.30. The first-order valence-electron chi connectivity index (χ1n) is 10.6. The van der Waals surface area contributed by atoms with Gasteiger partial charge >= 0.3 is 0 Å². The molecule has 34 heavy (non-hydrogen) atoms. The molecule has 0 fully saturated rings. The summed E-state index contributed by atoms with van der Waals surface area (Å²) < 4.78 is 33.5. The van der Waals surface area contributed by atoms with Crippen LogP contribution in [0.2, 0.25) is 0 Å². The van der Waals surface area contributed by atoms with Gasteiger partial charge in [0, 0.05) is 17.1 Å². The van der Waals surface area contributed by atoms with E-state index in [1.165, 1.54) is 24.3 Å². The first-order valence-corrected chi connectivity index (χ1v) is 12.1. The predicted octanol–water partition coefficient (Wildman–Crippen LogP) is 4.45. The molecule has 0 saturated carbocycles. The van der Waals surface area contributed by atoms with Crippen molar-refractivity contribution >= 4 is 38.3 Å². The number of amides is 1. The average Bonchev–Trinajstić information content (AvgIpc) is 2.78. The molecule has 1 aromatic heterocycles. The van der Waals surface area contributed by atoms with Crippen LogP contribution in [0.4, 0.5) is 11.6 Å². The van der Waals surface area contributed by atoms with Crippen LogP contribution in [0.1, 0.15) is 18.3 Å². The van der Waals surface area contributed by atoms with Gasteiger partial charge in [-0.2, -0.15) is 0 Å². The zero-order valence-corrected chi connectivity index (χ0v) is 19.8. The van der Waals surface area contributed by atoms with E-state index in [9.17, 15) is 13.2 Å². The largest absolute Gasteiger partial charge is 0.481 e. The van der Waals surface area contributed by atoms with E-state index in [0.717, 1.165) is 10.8 Å². The van der Waals surface area contributed by atoms with Crippen molar-refractivity contribution < 1.29 is 17.9 Å². The first kappa shape index (κ1) is 23.2. The number of rotatable bonds is 7. The highest BCUT2D eigenvalue weighted by molar-refractivity contribution is 7.92. The number of hydrogen-bond donors (Lipinski definition) is 2. The fourth-order valence-corrected chi connectivity index (χ4v) is 4.35. The number of carbonyl (C=O) groups excluding carboxylic acids is 1. The summed E-state index contributed by atoms with van der Waals surface area (Å²) in [5, 5.41) is 4.84. The van der Waals surface area contributed by atoms with Crippen molar-refractivity contribution in [2.45, 2.75) is 31.8 Å². The third kappa shape index (κ3) is 5.49. The number of aryl methyl sites for hydroxylation is 2. The highest BCUT2D eigenvalue weighted by Crippen LogP contribution is 2.22. The molecule has 0 aliphatic carbocycles. The third-order valence-electron chi connectivity index (χ3n) is 5.04. The fraction of sp³-hybridized carbons (Fsp3) is 0.160. The topological polar surface area (TPSA) is 110 Å². The average molecular weight is 477 g/mol. The number of carbonyl (C=O) groups is 1. The van der Waals surface area contributed by atoms with E-state index in [2.05, 4.69) is 20.0 Å². The Morgan fingerprint density at radius 1 is 0.882 bits per heavy atom. The van der Waals surface area contributed by atoms with Crippen LogP contribution in [-0.2, 0) is 14.8 Å². The van der Waals surface area contributed by atoms with Gasteiger partial charge in [-0.25, -0.2) is 23.1 Å². The van der Waals surface area contributed by atoms with E-state index in [1.807, 2.05) is 42.5 Å². The predicted molar refractivity (Wildman–Crippen MR) is 131 cm³/mol. The van der Waals surface area contributed by atoms with Crippen LogP contribution in [0, 0.1) is 13.8 Å². The van der Waals surface area contributed by atoms with Crippen LogP contribution in [0.15, 0.2) is 77.7 Å². The van der Waals surface area contributed by atoms with Gasteiger partial charge in [0.1, 0.15) is 5.75 Å². The molecule has 0 saturated heterocycles. The van der Waals surface area contributed by atoms with Crippen LogP contribution in [0.5, 0.6) is 5.75 Å². The summed E-state index contributed by atoms with van der Waals surface area (Å²) in [7, 11) is -3.88. The zero-order valence-electron chi connectivity index (χ0n) is 18.9. The molecular weight excluding hydrogens is 452 g/mol. The smallest absolute Gasteiger partial charge is 0.265 e. The summed E-state index contributed by atoms with van der Waals surface area (Å²) >= 11 is 0. The van der Waals surface area contributed by atoms with Crippen molar-refractivity contribution in [1.82, 2.24) is 9.97 Å².